The van der Waals surface area contributed by atoms with E-state index in [-0.39, 0.29) is 0 Å². The minimum atomic E-state index is 1.04. The highest BCUT2D eigenvalue weighted by Crippen LogP contribution is 2.05. The molecule has 3 rings (SSSR count). The van der Waals surface area contributed by atoms with Gasteiger partial charge >= 0.3 is 0 Å². The highest BCUT2D eigenvalue weighted by Gasteiger charge is 1.95. The molecule has 0 unspecified atom stereocenters. The zero-order valence-electron chi connectivity index (χ0n) is 9.82. The Bertz CT molecular complexity index is 583. The Kier molecular flexibility index (Phi) is 2.75. The van der Waals surface area contributed by atoms with Crippen molar-refractivity contribution in [2.24, 2.45) is 0 Å². The molecule has 0 saturated heterocycles. The van der Waals surface area contributed by atoms with Gasteiger partial charge in [-0.25, -0.2) is 9.90 Å². The Hall–Kier alpha value is -2.62. The van der Waals surface area contributed by atoms with E-state index in [2.05, 4.69) is 10.3 Å². The first-order valence-corrected chi connectivity index (χ1v) is 5.82. The maximum atomic E-state index is 3.25. The van der Waals surface area contributed by atoms with E-state index in [1.165, 1.54) is 0 Å². The number of hydrogen-bond acceptors (Lipinski definition) is 0. The van der Waals surface area contributed by atoms with Gasteiger partial charge in [-0.1, -0.05) is 36.4 Å². The fourth-order valence-corrected chi connectivity index (χ4v) is 1.79. The van der Waals surface area contributed by atoms with Crippen molar-refractivity contribution in [3.63, 3.8) is 0 Å². The summed E-state index contributed by atoms with van der Waals surface area (Å²) in [6.07, 6.45) is 3.82. The number of nitrogens with zero attached hydrogens (tertiary/aromatic N) is 2. The average molecular weight is 238 g/mol. The molecule has 1 aromatic heterocycles. The van der Waals surface area contributed by atoms with Crippen molar-refractivity contribution in [2.45, 2.75) is 0 Å². The summed E-state index contributed by atoms with van der Waals surface area (Å²) < 4.78 is 1.95. The lowest BCUT2D eigenvalue weighted by Gasteiger charge is -2.12. The topological polar surface area (TPSA) is 41.4 Å². The van der Waals surface area contributed by atoms with Crippen molar-refractivity contribution in [1.82, 2.24) is 19.8 Å². The number of rotatable bonds is 2. The lowest BCUT2D eigenvalue weighted by Crippen LogP contribution is -2.12. The third kappa shape index (κ3) is 2.08. The van der Waals surface area contributed by atoms with E-state index in [4.69, 9.17) is 0 Å². The smallest absolute Gasteiger partial charge is 0.0826 e. The van der Waals surface area contributed by atoms with Crippen LogP contribution in [0.1, 0.15) is 0 Å². The summed E-state index contributed by atoms with van der Waals surface area (Å²) in [5.41, 5.74) is 2.12. The molecule has 0 radical (unpaired) electrons. The van der Waals surface area contributed by atoms with Gasteiger partial charge < -0.3 is 0 Å². The zero-order valence-corrected chi connectivity index (χ0v) is 9.82. The van der Waals surface area contributed by atoms with Crippen LogP contribution < -0.4 is 0 Å². The maximum absolute atomic E-state index is 3.25. The third-order valence-corrected chi connectivity index (χ3v) is 2.68. The predicted octanol–water partition coefficient (Wildman–Crippen LogP) is 3.05. The van der Waals surface area contributed by atoms with Crippen LogP contribution in [-0.2, 0) is 0 Å². The zero-order chi connectivity index (χ0) is 12.2. The molecule has 2 aromatic carbocycles. The second kappa shape index (κ2) is 4.71. The molecule has 90 valence electrons. The van der Waals surface area contributed by atoms with Gasteiger partial charge in [0, 0.05) is 12.4 Å². The van der Waals surface area contributed by atoms with E-state index in [1.807, 2.05) is 82.5 Å². The number of H-pyrrole nitrogens is 2. The summed E-state index contributed by atoms with van der Waals surface area (Å²) in [5.74, 6) is 0. The number of nitrogens with one attached hydrogen (secondary N) is 2. The standard InChI is InChI=1S/C14H14N4/c1-3-7-13(8-4-1)17-12-11-15-18(16-17)14-9-5-2-6-10-14/h1-12,15-16H. The van der Waals surface area contributed by atoms with Crippen LogP contribution in [0.4, 0.5) is 0 Å². The molecule has 0 amide bonds. The van der Waals surface area contributed by atoms with Gasteiger partial charge in [0.15, 0.2) is 0 Å². The average Bonchev–Trinajstić information content (AvgIpc) is 2.49. The minimum Gasteiger partial charge on any atom is -0.284 e. The molecule has 1 heterocycles. The highest BCUT2D eigenvalue weighted by atomic mass is 15.6. The molecular weight excluding hydrogens is 224 g/mol. The van der Waals surface area contributed by atoms with Crippen molar-refractivity contribution < 1.29 is 0 Å². The summed E-state index contributed by atoms with van der Waals surface area (Å²) in [6.45, 7) is 0. The normalized spacial score (nSPS) is 10.2. The van der Waals surface area contributed by atoms with Crippen LogP contribution in [0, 0.1) is 0 Å². The van der Waals surface area contributed by atoms with Crippen molar-refractivity contribution >= 4 is 0 Å². The van der Waals surface area contributed by atoms with Crippen molar-refractivity contribution in [3.05, 3.63) is 73.1 Å². The molecule has 0 aliphatic carbocycles. The number of hydrogen-bond donors (Lipinski definition) is 2. The largest absolute Gasteiger partial charge is 0.284 e. The van der Waals surface area contributed by atoms with Gasteiger partial charge in [-0.05, 0) is 24.3 Å². The lowest BCUT2D eigenvalue weighted by atomic mass is 10.3. The second-order valence-electron chi connectivity index (χ2n) is 3.92. The van der Waals surface area contributed by atoms with E-state index in [1.54, 1.807) is 0 Å². The van der Waals surface area contributed by atoms with Crippen molar-refractivity contribution in [3.8, 4) is 11.4 Å². The fraction of sp³-hybridized carbons (Fsp3) is 0. The fourth-order valence-electron chi connectivity index (χ4n) is 1.79. The Morgan fingerprint density at radius 2 is 1.33 bits per heavy atom. The summed E-state index contributed by atoms with van der Waals surface area (Å²) >= 11 is 0. The monoisotopic (exact) mass is 238 g/mol. The van der Waals surface area contributed by atoms with Gasteiger partial charge in [-0.15, -0.1) is 0 Å². The van der Waals surface area contributed by atoms with Gasteiger partial charge in [0.25, 0.3) is 0 Å². The maximum Gasteiger partial charge on any atom is 0.0826 e. The second-order valence-corrected chi connectivity index (χ2v) is 3.92. The van der Waals surface area contributed by atoms with Crippen LogP contribution in [0.5, 0.6) is 0 Å². The molecule has 0 aliphatic heterocycles. The molecular formula is C14H14N4. The molecule has 18 heavy (non-hydrogen) atoms. The van der Waals surface area contributed by atoms with Crippen LogP contribution in [-0.4, -0.2) is 19.8 Å². The first-order valence-electron chi connectivity index (χ1n) is 5.82. The minimum absolute atomic E-state index is 1.04. The van der Waals surface area contributed by atoms with E-state index >= 15 is 0 Å². The number of benzene rings is 2. The van der Waals surface area contributed by atoms with Gasteiger partial charge in [-0.3, -0.25) is 5.10 Å². The molecule has 0 aliphatic rings. The number of aromatic amines is 2. The molecule has 0 bridgehead atoms. The van der Waals surface area contributed by atoms with Gasteiger partial charge in [-0.2, -0.15) is 4.80 Å². The SMILES string of the molecule is c1ccc(-n2cc[nH]n(-c3ccccc3)[nH]2)cc1. The molecule has 3 aromatic rings. The van der Waals surface area contributed by atoms with Crippen LogP contribution in [0.2, 0.25) is 0 Å². The van der Waals surface area contributed by atoms with E-state index < -0.39 is 0 Å². The van der Waals surface area contributed by atoms with Gasteiger partial charge in [0.05, 0.1) is 11.4 Å². The molecule has 0 spiro atoms. The molecule has 2 N–H and O–H groups in total. The van der Waals surface area contributed by atoms with Crippen LogP contribution in [0.15, 0.2) is 73.1 Å². The van der Waals surface area contributed by atoms with Crippen LogP contribution in [0.25, 0.3) is 11.4 Å². The predicted molar refractivity (Wildman–Crippen MR) is 71.4 cm³/mol. The van der Waals surface area contributed by atoms with Gasteiger partial charge in [0.1, 0.15) is 0 Å². The highest BCUT2D eigenvalue weighted by molar-refractivity contribution is 5.30. The summed E-state index contributed by atoms with van der Waals surface area (Å²) in [5, 5.41) is 6.39. The third-order valence-electron chi connectivity index (χ3n) is 2.68. The quantitative estimate of drug-likeness (QED) is 0.689. The summed E-state index contributed by atoms with van der Waals surface area (Å²) in [4.78, 5) is 1.85. The molecule has 0 fully saturated rings. The van der Waals surface area contributed by atoms with E-state index in [9.17, 15) is 0 Å². The van der Waals surface area contributed by atoms with E-state index in [0.29, 0.717) is 0 Å². The van der Waals surface area contributed by atoms with Crippen LogP contribution in [0.3, 0.4) is 0 Å². The lowest BCUT2D eigenvalue weighted by molar-refractivity contribution is 0.582. The van der Waals surface area contributed by atoms with E-state index in [0.717, 1.165) is 11.4 Å². The Balaban J connectivity index is 2.05. The summed E-state index contributed by atoms with van der Waals surface area (Å²) in [6, 6.07) is 20.2. The Morgan fingerprint density at radius 1 is 0.722 bits per heavy atom. The molecule has 0 atom stereocenters. The van der Waals surface area contributed by atoms with Gasteiger partial charge in [0.2, 0.25) is 0 Å². The van der Waals surface area contributed by atoms with Crippen molar-refractivity contribution in [1.29, 1.82) is 0 Å². The summed E-state index contributed by atoms with van der Waals surface area (Å²) in [7, 11) is 0. The van der Waals surface area contributed by atoms with Crippen molar-refractivity contribution in [2.75, 3.05) is 0 Å². The Morgan fingerprint density at radius 3 is 2.00 bits per heavy atom. The molecule has 4 heteroatoms. The number of para-hydroxylation sites is 2. The molecule has 0 saturated carbocycles. The number of aromatic nitrogens is 4. The first-order chi connectivity index (χ1) is 8.93. The first kappa shape index (κ1) is 10.5. The molecule has 4 nitrogen and oxygen atoms in total. The van der Waals surface area contributed by atoms with Crippen LogP contribution >= 0.6 is 0 Å². The Labute approximate surface area is 105 Å².